The highest BCUT2D eigenvalue weighted by Gasteiger charge is 2.51. The molecule has 3 rings (SSSR count). The van der Waals surface area contributed by atoms with E-state index in [2.05, 4.69) is 13.0 Å². The maximum absolute atomic E-state index is 12.8. The zero-order valence-electron chi connectivity index (χ0n) is 16.8. The van der Waals surface area contributed by atoms with Crippen molar-refractivity contribution in [3.8, 4) is 11.8 Å². The van der Waals surface area contributed by atoms with E-state index in [1.807, 2.05) is 13.8 Å². The molecule has 0 aliphatic carbocycles. The molecule has 0 saturated carbocycles. The van der Waals surface area contributed by atoms with Gasteiger partial charge in [-0.05, 0) is 37.5 Å². The van der Waals surface area contributed by atoms with E-state index >= 15 is 0 Å². The van der Waals surface area contributed by atoms with E-state index in [0.29, 0.717) is 48.6 Å². The fourth-order valence-electron chi connectivity index (χ4n) is 4.01. The molecule has 1 aromatic carbocycles. The maximum Gasteiger partial charge on any atom is 0.251 e. The highest BCUT2D eigenvalue weighted by Crippen LogP contribution is 2.46. The lowest BCUT2D eigenvalue weighted by Gasteiger charge is -2.48. The normalized spacial score (nSPS) is 22.9. The molecule has 2 aliphatic heterocycles. The van der Waals surface area contributed by atoms with Gasteiger partial charge >= 0.3 is 0 Å². The van der Waals surface area contributed by atoms with Crippen molar-refractivity contribution in [3.05, 3.63) is 41.2 Å². The van der Waals surface area contributed by atoms with Gasteiger partial charge in [0, 0.05) is 11.6 Å². The third kappa shape index (κ3) is 3.47. The number of carbonyl (C=O) groups is 1. The van der Waals surface area contributed by atoms with Gasteiger partial charge in [0.1, 0.15) is 23.2 Å². The van der Waals surface area contributed by atoms with Gasteiger partial charge in [-0.25, -0.2) is 0 Å². The smallest absolute Gasteiger partial charge is 0.251 e. The topological polar surface area (TPSA) is 82.8 Å². The number of unbranched alkanes of at least 4 members (excludes halogenated alkanes) is 1. The Kier molecular flexibility index (Phi) is 5.95. The number of aliphatic hydroxyl groups excluding tert-OH is 1. The van der Waals surface area contributed by atoms with Crippen LogP contribution < -0.4 is 4.74 Å². The number of carbonyl (C=O) groups excluding carboxylic acids is 1. The molecule has 0 spiro atoms. The first kappa shape index (κ1) is 20.2. The summed E-state index contributed by atoms with van der Waals surface area (Å²) in [5, 5.41) is 20.6. The van der Waals surface area contributed by atoms with E-state index in [1.165, 1.54) is 6.08 Å². The number of nitrogens with zero attached hydrogens (tertiary/aromatic N) is 2. The average molecular weight is 384 g/mol. The van der Waals surface area contributed by atoms with E-state index in [1.54, 1.807) is 23.1 Å². The number of amides is 1. The van der Waals surface area contributed by atoms with E-state index in [9.17, 15) is 15.2 Å². The molecule has 6 nitrogen and oxygen atoms in total. The predicted octanol–water partition coefficient (Wildman–Crippen LogP) is 3.45. The summed E-state index contributed by atoms with van der Waals surface area (Å²) in [5.74, 6) is 1.05. The van der Waals surface area contributed by atoms with Crippen LogP contribution in [0.25, 0.3) is 0 Å². The number of benzene rings is 1. The van der Waals surface area contributed by atoms with Crippen molar-refractivity contribution in [2.45, 2.75) is 64.2 Å². The molecule has 28 heavy (non-hydrogen) atoms. The van der Waals surface area contributed by atoms with Gasteiger partial charge in [-0.15, -0.1) is 0 Å². The zero-order chi connectivity index (χ0) is 20.3. The lowest BCUT2D eigenvalue weighted by atomic mass is 9.79. The minimum Gasteiger partial charge on any atom is -0.496 e. The second kappa shape index (κ2) is 8.24. The van der Waals surface area contributed by atoms with E-state index in [0.717, 1.165) is 12.8 Å². The summed E-state index contributed by atoms with van der Waals surface area (Å²) in [5.41, 5.74) is 0.359. The molecule has 0 fully saturated rings. The van der Waals surface area contributed by atoms with Gasteiger partial charge in [0.15, 0.2) is 0 Å². The van der Waals surface area contributed by atoms with Crippen molar-refractivity contribution < 1.29 is 19.4 Å². The molecule has 1 N–H and O–H groups in total. The second-order valence-electron chi connectivity index (χ2n) is 7.41. The van der Waals surface area contributed by atoms with E-state index < -0.39 is 17.7 Å². The van der Waals surface area contributed by atoms with Gasteiger partial charge in [-0.2, -0.15) is 5.26 Å². The van der Waals surface area contributed by atoms with Gasteiger partial charge in [-0.1, -0.05) is 27.2 Å². The van der Waals surface area contributed by atoms with Gasteiger partial charge in [-0.3, -0.25) is 4.79 Å². The highest BCUT2D eigenvalue weighted by molar-refractivity contribution is 5.91. The number of aliphatic hydroxyl groups is 1. The number of fused-ring (bicyclic) bond motifs is 1. The van der Waals surface area contributed by atoms with Crippen molar-refractivity contribution in [2.24, 2.45) is 0 Å². The first-order chi connectivity index (χ1) is 13.5. The van der Waals surface area contributed by atoms with Gasteiger partial charge in [0.2, 0.25) is 0 Å². The standard InChI is InChI=1S/C22H28N2O4/c1-4-7-10-27-16-12-19(25)24(14-16)20-17-11-15(13-23)8-9-18(17)28-22(5-2,6-3)21(20)26/h8-9,11-12,20-21,26H,4-7,10,14H2,1-3H3/t20-,21+/m1/s1. The van der Waals surface area contributed by atoms with E-state index in [-0.39, 0.29) is 5.91 Å². The number of nitriles is 1. The molecule has 0 radical (unpaired) electrons. The van der Waals surface area contributed by atoms with Crippen LogP contribution in [-0.2, 0) is 9.53 Å². The predicted molar refractivity (Wildman–Crippen MR) is 105 cm³/mol. The van der Waals surface area contributed by atoms with Gasteiger partial charge < -0.3 is 19.5 Å². The number of hydrogen-bond donors (Lipinski definition) is 1. The largest absolute Gasteiger partial charge is 0.496 e. The molecule has 2 atom stereocenters. The third-order valence-corrected chi connectivity index (χ3v) is 5.82. The monoisotopic (exact) mass is 384 g/mol. The summed E-state index contributed by atoms with van der Waals surface area (Å²) in [6.07, 6.45) is 3.76. The average Bonchev–Trinajstić information content (AvgIpc) is 3.07. The Labute approximate surface area is 166 Å². The molecule has 150 valence electrons. The van der Waals surface area contributed by atoms with Crippen molar-refractivity contribution in [1.82, 2.24) is 4.90 Å². The molecule has 2 heterocycles. The summed E-state index contributed by atoms with van der Waals surface area (Å²) in [4.78, 5) is 14.4. The summed E-state index contributed by atoms with van der Waals surface area (Å²) in [6, 6.07) is 6.71. The zero-order valence-corrected chi connectivity index (χ0v) is 16.8. The Morgan fingerprint density at radius 2 is 2.11 bits per heavy atom. The molecule has 6 heteroatoms. The highest BCUT2D eigenvalue weighted by atomic mass is 16.5. The second-order valence-corrected chi connectivity index (χ2v) is 7.41. The van der Waals surface area contributed by atoms with Crippen LogP contribution in [0.15, 0.2) is 30.0 Å². The first-order valence-corrected chi connectivity index (χ1v) is 10.0. The Morgan fingerprint density at radius 3 is 2.75 bits per heavy atom. The quantitative estimate of drug-likeness (QED) is 0.728. The Balaban J connectivity index is 1.97. The summed E-state index contributed by atoms with van der Waals surface area (Å²) < 4.78 is 12.0. The van der Waals surface area contributed by atoms with Gasteiger partial charge in [0.25, 0.3) is 5.91 Å². The molecular formula is C22H28N2O4. The SMILES string of the molecule is CCCCOC1=CC(=O)N([C@@H]2c3cc(C#N)ccc3OC(CC)(CC)[C@H]2O)C1. The fraction of sp³-hybridized carbons (Fsp3) is 0.545. The molecule has 0 saturated heterocycles. The van der Waals surface area contributed by atoms with E-state index in [4.69, 9.17) is 9.47 Å². The summed E-state index contributed by atoms with van der Waals surface area (Å²) >= 11 is 0. The number of ether oxygens (including phenoxy) is 2. The van der Waals surface area contributed by atoms with Crippen LogP contribution in [-0.4, -0.2) is 40.8 Å². The van der Waals surface area contributed by atoms with Crippen LogP contribution in [0.2, 0.25) is 0 Å². The number of rotatable bonds is 7. The van der Waals surface area contributed by atoms with Crippen LogP contribution in [0, 0.1) is 11.3 Å². The van der Waals surface area contributed by atoms with Crippen molar-refractivity contribution >= 4 is 5.91 Å². The third-order valence-electron chi connectivity index (χ3n) is 5.82. The van der Waals surface area contributed by atoms with Crippen LogP contribution in [0.3, 0.4) is 0 Å². The fourth-order valence-corrected chi connectivity index (χ4v) is 4.01. The lowest BCUT2D eigenvalue weighted by Crippen LogP contribution is -2.56. The Hall–Kier alpha value is -2.52. The van der Waals surface area contributed by atoms with Crippen LogP contribution in [0.4, 0.5) is 0 Å². The molecule has 0 bridgehead atoms. The molecule has 0 unspecified atom stereocenters. The molecule has 0 aromatic heterocycles. The summed E-state index contributed by atoms with van der Waals surface area (Å²) in [7, 11) is 0. The molecule has 1 aromatic rings. The summed E-state index contributed by atoms with van der Waals surface area (Å²) in [6.45, 7) is 6.91. The lowest BCUT2D eigenvalue weighted by molar-refractivity contribution is -0.142. The van der Waals surface area contributed by atoms with Crippen molar-refractivity contribution in [3.63, 3.8) is 0 Å². The van der Waals surface area contributed by atoms with Gasteiger partial charge in [0.05, 0.1) is 30.8 Å². The minimum absolute atomic E-state index is 0.188. The first-order valence-electron chi connectivity index (χ1n) is 10.0. The Bertz CT molecular complexity index is 807. The van der Waals surface area contributed by atoms with Crippen molar-refractivity contribution in [1.29, 1.82) is 5.26 Å². The minimum atomic E-state index is -0.906. The van der Waals surface area contributed by atoms with Crippen LogP contribution in [0.5, 0.6) is 5.75 Å². The molecular weight excluding hydrogens is 356 g/mol. The van der Waals surface area contributed by atoms with Crippen molar-refractivity contribution in [2.75, 3.05) is 13.2 Å². The maximum atomic E-state index is 12.8. The molecule has 1 amide bonds. The van der Waals surface area contributed by atoms with Crippen LogP contribution >= 0.6 is 0 Å². The molecule has 2 aliphatic rings. The van der Waals surface area contributed by atoms with Crippen LogP contribution in [0.1, 0.15) is 63.6 Å². The Morgan fingerprint density at radius 1 is 1.36 bits per heavy atom. The number of hydrogen-bond acceptors (Lipinski definition) is 5.